The van der Waals surface area contributed by atoms with Crippen molar-refractivity contribution < 1.29 is 17.9 Å². The third kappa shape index (κ3) is 5.04. The molecule has 1 aromatic rings. The van der Waals surface area contributed by atoms with E-state index in [9.17, 15) is 13.2 Å². The molecule has 0 aromatic heterocycles. The number of carbonyl (C=O) groups excluding carboxylic acids is 1. The normalized spacial score (nSPS) is 19.3. The number of nitrogens with zero attached hydrogens (tertiary/aromatic N) is 2. The first-order valence-electron chi connectivity index (χ1n) is 9.56. The molecule has 28 heavy (non-hydrogen) atoms. The van der Waals surface area contributed by atoms with E-state index in [4.69, 9.17) is 4.74 Å². The van der Waals surface area contributed by atoms with Gasteiger partial charge in [-0.25, -0.2) is 8.42 Å². The quantitative estimate of drug-likeness (QED) is 0.764. The van der Waals surface area contributed by atoms with Gasteiger partial charge >= 0.3 is 0 Å². The number of aryl methyl sites for hydroxylation is 1. The van der Waals surface area contributed by atoms with Crippen molar-refractivity contribution >= 4 is 28.3 Å². The van der Waals surface area contributed by atoms with Crippen molar-refractivity contribution in [2.75, 3.05) is 53.0 Å². The number of halogens is 1. The molecule has 0 radical (unpaired) electrons. The molecule has 158 valence electrons. The molecular weight excluding hydrogens is 402 g/mol. The zero-order valence-electron chi connectivity index (χ0n) is 16.5. The fourth-order valence-electron chi connectivity index (χ4n) is 3.75. The molecule has 1 N–H and O–H groups in total. The highest BCUT2D eigenvalue weighted by Crippen LogP contribution is 2.24. The third-order valence-electron chi connectivity index (χ3n) is 5.42. The maximum atomic E-state index is 13.0. The van der Waals surface area contributed by atoms with E-state index >= 15 is 0 Å². The topological polar surface area (TPSA) is 79.0 Å². The second kappa shape index (κ2) is 10.0. The Balaban J connectivity index is 0.00000280. The Bertz CT molecular complexity index is 773. The lowest BCUT2D eigenvalue weighted by Gasteiger charge is -2.32. The summed E-state index contributed by atoms with van der Waals surface area (Å²) >= 11 is 0. The standard InChI is InChI=1S/C19H29N3O4S.ClH/c1-15-3-4-17(19(23)21-7-5-16(6-8-21)14-20-2)13-18(15)27(24,25)22-9-11-26-12-10-22;/h3-4,13,16,20H,5-12,14H2,1-2H3;1H. The molecule has 0 saturated carbocycles. The maximum absolute atomic E-state index is 13.0. The minimum atomic E-state index is -3.62. The number of benzene rings is 1. The first kappa shape index (κ1) is 23.1. The number of ether oxygens (including phenoxy) is 1. The summed E-state index contributed by atoms with van der Waals surface area (Å²) in [5.74, 6) is 0.505. The van der Waals surface area contributed by atoms with Crippen LogP contribution in [0.15, 0.2) is 23.1 Å². The molecule has 7 nitrogen and oxygen atoms in total. The number of likely N-dealkylation sites (tertiary alicyclic amines) is 1. The van der Waals surface area contributed by atoms with E-state index in [1.807, 2.05) is 11.9 Å². The van der Waals surface area contributed by atoms with Crippen LogP contribution in [0.1, 0.15) is 28.8 Å². The van der Waals surface area contributed by atoms with Gasteiger partial charge in [-0.05, 0) is 57.0 Å². The SMILES string of the molecule is CNCC1CCN(C(=O)c2ccc(C)c(S(=O)(=O)N3CCOCC3)c2)CC1.Cl. The number of morpholine rings is 1. The van der Waals surface area contributed by atoms with Gasteiger partial charge in [0.2, 0.25) is 10.0 Å². The van der Waals surface area contributed by atoms with Crippen LogP contribution in [-0.4, -0.2) is 76.5 Å². The molecule has 3 rings (SSSR count). The van der Waals surface area contributed by atoms with Crippen LogP contribution in [-0.2, 0) is 14.8 Å². The van der Waals surface area contributed by atoms with E-state index in [-0.39, 0.29) is 23.2 Å². The fraction of sp³-hybridized carbons (Fsp3) is 0.632. The number of piperidine rings is 1. The Kier molecular flexibility index (Phi) is 8.27. The van der Waals surface area contributed by atoms with Crippen LogP contribution in [0.2, 0.25) is 0 Å². The zero-order chi connectivity index (χ0) is 19.4. The molecule has 2 saturated heterocycles. The first-order chi connectivity index (χ1) is 12.9. The van der Waals surface area contributed by atoms with Crippen LogP contribution < -0.4 is 5.32 Å². The van der Waals surface area contributed by atoms with Gasteiger partial charge in [0.05, 0.1) is 18.1 Å². The minimum Gasteiger partial charge on any atom is -0.379 e. The summed E-state index contributed by atoms with van der Waals surface area (Å²) in [6.45, 7) is 5.66. The van der Waals surface area contributed by atoms with Gasteiger partial charge in [0.25, 0.3) is 5.91 Å². The summed E-state index contributed by atoms with van der Waals surface area (Å²) in [4.78, 5) is 15.0. The number of sulfonamides is 1. The van der Waals surface area contributed by atoms with Gasteiger partial charge < -0.3 is 15.0 Å². The van der Waals surface area contributed by atoms with Crippen molar-refractivity contribution in [1.29, 1.82) is 0 Å². The Labute approximate surface area is 173 Å². The fourth-order valence-corrected chi connectivity index (χ4v) is 5.41. The van der Waals surface area contributed by atoms with Crippen LogP contribution in [0.25, 0.3) is 0 Å². The Hall–Kier alpha value is -1.19. The summed E-state index contributed by atoms with van der Waals surface area (Å²) < 4.78 is 32.7. The highest BCUT2D eigenvalue weighted by Gasteiger charge is 2.29. The lowest BCUT2D eigenvalue weighted by Crippen LogP contribution is -2.41. The monoisotopic (exact) mass is 431 g/mol. The van der Waals surface area contributed by atoms with Crippen molar-refractivity contribution in [2.45, 2.75) is 24.7 Å². The summed E-state index contributed by atoms with van der Waals surface area (Å²) in [5, 5.41) is 3.19. The lowest BCUT2D eigenvalue weighted by molar-refractivity contribution is 0.0690. The van der Waals surface area contributed by atoms with Crippen LogP contribution >= 0.6 is 12.4 Å². The molecule has 1 amide bonds. The Morgan fingerprint density at radius 2 is 1.82 bits per heavy atom. The average Bonchev–Trinajstić information content (AvgIpc) is 2.69. The predicted octanol–water partition coefficient (Wildman–Crippen LogP) is 1.51. The molecule has 0 bridgehead atoms. The van der Waals surface area contributed by atoms with Crippen molar-refractivity contribution in [3.05, 3.63) is 29.3 Å². The van der Waals surface area contributed by atoms with E-state index in [0.717, 1.165) is 19.4 Å². The van der Waals surface area contributed by atoms with E-state index in [2.05, 4.69) is 5.32 Å². The molecule has 1 aromatic carbocycles. The van der Waals surface area contributed by atoms with Crippen molar-refractivity contribution in [3.63, 3.8) is 0 Å². The van der Waals surface area contributed by atoms with Gasteiger partial charge in [-0.15, -0.1) is 12.4 Å². The van der Waals surface area contributed by atoms with E-state index < -0.39 is 10.0 Å². The smallest absolute Gasteiger partial charge is 0.253 e. The molecule has 9 heteroatoms. The van der Waals surface area contributed by atoms with Gasteiger partial charge in [-0.1, -0.05) is 6.07 Å². The van der Waals surface area contributed by atoms with Crippen LogP contribution in [0, 0.1) is 12.8 Å². The minimum absolute atomic E-state index is 0. The number of nitrogens with one attached hydrogen (secondary N) is 1. The molecule has 0 unspecified atom stereocenters. The molecule has 0 spiro atoms. The molecule has 2 fully saturated rings. The van der Waals surface area contributed by atoms with Crippen molar-refractivity contribution in [3.8, 4) is 0 Å². The van der Waals surface area contributed by atoms with E-state index in [0.29, 0.717) is 56.4 Å². The summed E-state index contributed by atoms with van der Waals surface area (Å²) in [5.41, 5.74) is 1.10. The number of amides is 1. The zero-order valence-corrected chi connectivity index (χ0v) is 18.2. The molecule has 0 atom stereocenters. The predicted molar refractivity (Wildman–Crippen MR) is 111 cm³/mol. The summed E-state index contributed by atoms with van der Waals surface area (Å²) in [6, 6.07) is 5.01. The van der Waals surface area contributed by atoms with Crippen LogP contribution in [0.4, 0.5) is 0 Å². The van der Waals surface area contributed by atoms with Crippen LogP contribution in [0.5, 0.6) is 0 Å². The first-order valence-corrected chi connectivity index (χ1v) is 11.0. The molecular formula is C19H30ClN3O4S. The number of carbonyl (C=O) groups is 1. The number of hydrogen-bond acceptors (Lipinski definition) is 5. The largest absolute Gasteiger partial charge is 0.379 e. The second-order valence-electron chi connectivity index (χ2n) is 7.29. The van der Waals surface area contributed by atoms with Gasteiger partial charge in [0, 0.05) is 31.7 Å². The van der Waals surface area contributed by atoms with E-state index in [1.54, 1.807) is 25.1 Å². The van der Waals surface area contributed by atoms with Gasteiger partial charge in [-0.3, -0.25) is 4.79 Å². The van der Waals surface area contributed by atoms with Gasteiger partial charge in [-0.2, -0.15) is 4.31 Å². The number of rotatable bonds is 5. The third-order valence-corrected chi connectivity index (χ3v) is 7.46. The lowest BCUT2D eigenvalue weighted by atomic mass is 9.96. The van der Waals surface area contributed by atoms with E-state index in [1.165, 1.54) is 4.31 Å². The summed E-state index contributed by atoms with van der Waals surface area (Å²) in [7, 11) is -1.68. The second-order valence-corrected chi connectivity index (χ2v) is 9.20. The molecule has 2 aliphatic heterocycles. The molecule has 0 aliphatic carbocycles. The molecule has 2 heterocycles. The van der Waals surface area contributed by atoms with Crippen molar-refractivity contribution in [2.24, 2.45) is 5.92 Å². The Morgan fingerprint density at radius 1 is 1.18 bits per heavy atom. The van der Waals surface area contributed by atoms with Gasteiger partial charge in [0.1, 0.15) is 0 Å². The maximum Gasteiger partial charge on any atom is 0.253 e. The Morgan fingerprint density at radius 3 is 2.43 bits per heavy atom. The van der Waals surface area contributed by atoms with Crippen LogP contribution in [0.3, 0.4) is 0 Å². The van der Waals surface area contributed by atoms with Gasteiger partial charge in [0.15, 0.2) is 0 Å². The molecule has 2 aliphatic rings. The average molecular weight is 432 g/mol. The highest BCUT2D eigenvalue weighted by molar-refractivity contribution is 7.89. The highest BCUT2D eigenvalue weighted by atomic mass is 35.5. The summed E-state index contributed by atoms with van der Waals surface area (Å²) in [6.07, 6.45) is 1.94. The number of hydrogen-bond donors (Lipinski definition) is 1. The van der Waals surface area contributed by atoms with Crippen molar-refractivity contribution in [1.82, 2.24) is 14.5 Å².